The molecule has 3 heteroatoms. The van der Waals surface area contributed by atoms with Crippen LogP contribution in [0, 0.1) is 5.92 Å². The van der Waals surface area contributed by atoms with E-state index in [9.17, 15) is 0 Å². The second-order valence-electron chi connectivity index (χ2n) is 3.58. The largest absolute Gasteiger partial charge is 0.381 e. The van der Waals surface area contributed by atoms with E-state index >= 15 is 0 Å². The van der Waals surface area contributed by atoms with Crippen molar-refractivity contribution in [1.82, 2.24) is 0 Å². The Kier molecular flexibility index (Phi) is 3.32. The zero-order valence-corrected chi connectivity index (χ0v) is 9.26. The minimum Gasteiger partial charge on any atom is -0.381 e. The lowest BCUT2D eigenvalue weighted by molar-refractivity contribution is 0.185. The van der Waals surface area contributed by atoms with E-state index in [1.165, 1.54) is 0 Å². The first-order valence-corrected chi connectivity index (χ1v) is 5.56. The van der Waals surface area contributed by atoms with Gasteiger partial charge in [0.15, 0.2) is 0 Å². The van der Waals surface area contributed by atoms with Crippen molar-refractivity contribution in [3.05, 3.63) is 34.9 Å². The van der Waals surface area contributed by atoms with Gasteiger partial charge >= 0.3 is 0 Å². The maximum absolute atomic E-state index is 6.34. The third-order valence-corrected chi connectivity index (χ3v) is 3.43. The van der Waals surface area contributed by atoms with Crippen LogP contribution in [-0.2, 0) is 4.74 Å². The highest BCUT2D eigenvalue weighted by molar-refractivity contribution is 6.30. The minimum atomic E-state index is 0.0507. The van der Waals surface area contributed by atoms with Crippen molar-refractivity contribution < 1.29 is 4.74 Å². The van der Waals surface area contributed by atoms with Crippen molar-refractivity contribution >= 4 is 23.2 Å². The summed E-state index contributed by atoms with van der Waals surface area (Å²) in [4.78, 5) is 0. The van der Waals surface area contributed by atoms with E-state index in [0.717, 1.165) is 30.2 Å². The van der Waals surface area contributed by atoms with Crippen LogP contribution >= 0.6 is 23.2 Å². The number of hydrogen-bond acceptors (Lipinski definition) is 1. The minimum absolute atomic E-state index is 0.0507. The van der Waals surface area contributed by atoms with Crippen LogP contribution in [0.5, 0.6) is 0 Å². The van der Waals surface area contributed by atoms with E-state index in [0.29, 0.717) is 5.92 Å². The number of alkyl halides is 1. The first-order chi connectivity index (χ1) is 6.77. The van der Waals surface area contributed by atoms with Crippen molar-refractivity contribution in [2.45, 2.75) is 11.8 Å². The van der Waals surface area contributed by atoms with Gasteiger partial charge in [-0.1, -0.05) is 23.7 Å². The van der Waals surface area contributed by atoms with Crippen molar-refractivity contribution in [1.29, 1.82) is 0 Å². The molecule has 0 bridgehead atoms. The summed E-state index contributed by atoms with van der Waals surface area (Å²) in [7, 11) is 0. The second kappa shape index (κ2) is 4.52. The Morgan fingerprint density at radius 2 is 2.00 bits per heavy atom. The van der Waals surface area contributed by atoms with Crippen LogP contribution in [0.1, 0.15) is 17.4 Å². The summed E-state index contributed by atoms with van der Waals surface area (Å²) in [6.07, 6.45) is 1.05. The average molecular weight is 231 g/mol. The highest BCUT2D eigenvalue weighted by Crippen LogP contribution is 2.34. The zero-order chi connectivity index (χ0) is 9.97. The molecule has 0 aliphatic carbocycles. The van der Waals surface area contributed by atoms with E-state index in [1.807, 2.05) is 24.3 Å². The summed E-state index contributed by atoms with van der Waals surface area (Å²) >= 11 is 12.2. The van der Waals surface area contributed by atoms with Crippen molar-refractivity contribution in [3.8, 4) is 0 Å². The summed E-state index contributed by atoms with van der Waals surface area (Å²) in [5.41, 5.74) is 1.13. The molecule has 1 nitrogen and oxygen atoms in total. The first kappa shape index (κ1) is 10.3. The lowest BCUT2D eigenvalue weighted by Gasteiger charge is -2.15. The van der Waals surface area contributed by atoms with E-state index in [4.69, 9.17) is 27.9 Å². The van der Waals surface area contributed by atoms with Crippen LogP contribution in [0.4, 0.5) is 0 Å². The molecule has 76 valence electrons. The van der Waals surface area contributed by atoms with Gasteiger partial charge in [0.25, 0.3) is 0 Å². The molecule has 1 aromatic carbocycles. The van der Waals surface area contributed by atoms with Crippen LogP contribution in [0.3, 0.4) is 0 Å². The third kappa shape index (κ3) is 2.22. The Hall–Kier alpha value is -0.240. The predicted octanol–water partition coefficient (Wildman–Crippen LogP) is 3.66. The lowest BCUT2D eigenvalue weighted by atomic mass is 9.98. The SMILES string of the molecule is Clc1ccc(C(Cl)C2CCOC2)cc1. The molecule has 2 rings (SSSR count). The summed E-state index contributed by atoms with van der Waals surface area (Å²) in [6, 6.07) is 7.72. The Balaban J connectivity index is 2.09. The quantitative estimate of drug-likeness (QED) is 0.706. The second-order valence-corrected chi connectivity index (χ2v) is 4.48. The van der Waals surface area contributed by atoms with Gasteiger partial charge in [-0.25, -0.2) is 0 Å². The maximum Gasteiger partial charge on any atom is 0.0636 e. The fraction of sp³-hybridized carbons (Fsp3) is 0.455. The number of rotatable bonds is 2. The van der Waals surface area contributed by atoms with Crippen LogP contribution in [0.15, 0.2) is 24.3 Å². The van der Waals surface area contributed by atoms with Crippen LogP contribution in [-0.4, -0.2) is 13.2 Å². The Morgan fingerprint density at radius 1 is 1.29 bits per heavy atom. The van der Waals surface area contributed by atoms with Crippen molar-refractivity contribution in [2.75, 3.05) is 13.2 Å². The van der Waals surface area contributed by atoms with Crippen molar-refractivity contribution in [3.63, 3.8) is 0 Å². The van der Waals surface area contributed by atoms with Gasteiger partial charge in [-0.05, 0) is 24.1 Å². The topological polar surface area (TPSA) is 9.23 Å². The number of halogens is 2. The molecule has 1 aromatic rings. The van der Waals surface area contributed by atoms with Gasteiger partial charge in [0.2, 0.25) is 0 Å². The van der Waals surface area contributed by atoms with Gasteiger partial charge in [0.1, 0.15) is 0 Å². The summed E-state index contributed by atoms with van der Waals surface area (Å²) in [5, 5.41) is 0.801. The number of ether oxygens (including phenoxy) is 1. The molecular weight excluding hydrogens is 219 g/mol. The van der Waals surface area contributed by atoms with E-state index in [-0.39, 0.29) is 5.38 Å². The maximum atomic E-state index is 6.34. The molecule has 0 spiro atoms. The molecule has 0 aromatic heterocycles. The Morgan fingerprint density at radius 3 is 2.57 bits per heavy atom. The fourth-order valence-corrected chi connectivity index (χ4v) is 2.17. The molecule has 0 amide bonds. The van der Waals surface area contributed by atoms with Gasteiger partial charge in [0, 0.05) is 17.5 Å². The third-order valence-electron chi connectivity index (χ3n) is 2.57. The Labute approximate surface area is 94.0 Å². The van der Waals surface area contributed by atoms with Gasteiger partial charge in [-0.2, -0.15) is 0 Å². The Bertz CT molecular complexity index is 291. The van der Waals surface area contributed by atoms with Gasteiger partial charge < -0.3 is 4.74 Å². The normalized spacial score (nSPS) is 23.7. The number of benzene rings is 1. The molecule has 0 radical (unpaired) electrons. The highest BCUT2D eigenvalue weighted by atomic mass is 35.5. The van der Waals surface area contributed by atoms with Crippen molar-refractivity contribution in [2.24, 2.45) is 5.92 Å². The van der Waals surface area contributed by atoms with Crippen LogP contribution < -0.4 is 0 Å². The van der Waals surface area contributed by atoms with E-state index in [1.54, 1.807) is 0 Å². The van der Waals surface area contributed by atoms with Gasteiger partial charge in [-0.3, -0.25) is 0 Å². The molecule has 0 saturated carbocycles. The fourth-order valence-electron chi connectivity index (χ4n) is 1.70. The van der Waals surface area contributed by atoms with Gasteiger partial charge in [0.05, 0.1) is 12.0 Å². The molecule has 1 aliphatic rings. The summed E-state index contributed by atoms with van der Waals surface area (Å²) in [5.74, 6) is 0.442. The predicted molar refractivity (Wildman–Crippen MR) is 59.0 cm³/mol. The molecule has 1 heterocycles. The highest BCUT2D eigenvalue weighted by Gasteiger charge is 2.24. The molecule has 14 heavy (non-hydrogen) atoms. The molecule has 2 atom stereocenters. The monoisotopic (exact) mass is 230 g/mol. The molecule has 1 fully saturated rings. The zero-order valence-electron chi connectivity index (χ0n) is 7.75. The van der Waals surface area contributed by atoms with E-state index < -0.39 is 0 Å². The smallest absolute Gasteiger partial charge is 0.0636 e. The summed E-state index contributed by atoms with van der Waals surface area (Å²) < 4.78 is 5.31. The first-order valence-electron chi connectivity index (χ1n) is 4.74. The standard InChI is InChI=1S/C11H12Cl2O/c12-10-3-1-8(2-4-10)11(13)9-5-6-14-7-9/h1-4,9,11H,5-7H2. The number of hydrogen-bond donors (Lipinski definition) is 0. The average Bonchev–Trinajstić information content (AvgIpc) is 2.71. The molecular formula is C11H12Cl2O. The molecule has 0 N–H and O–H groups in total. The van der Waals surface area contributed by atoms with Crippen LogP contribution in [0.2, 0.25) is 5.02 Å². The summed E-state index contributed by atoms with van der Waals surface area (Å²) in [6.45, 7) is 1.61. The molecule has 1 aliphatic heterocycles. The van der Waals surface area contributed by atoms with Crippen LogP contribution in [0.25, 0.3) is 0 Å². The molecule has 1 saturated heterocycles. The van der Waals surface area contributed by atoms with Gasteiger partial charge in [-0.15, -0.1) is 11.6 Å². The lowest BCUT2D eigenvalue weighted by Crippen LogP contribution is -2.07. The molecule has 2 unspecified atom stereocenters. The van der Waals surface area contributed by atoms with E-state index in [2.05, 4.69) is 0 Å².